The summed E-state index contributed by atoms with van der Waals surface area (Å²) < 4.78 is 2.00. The summed E-state index contributed by atoms with van der Waals surface area (Å²) in [5, 5.41) is 0. The lowest BCUT2D eigenvalue weighted by molar-refractivity contribution is 0.0785. The number of halogens is 2. The first-order valence-electron chi connectivity index (χ1n) is 6.36. The van der Waals surface area contributed by atoms with E-state index in [0.29, 0.717) is 5.92 Å². The van der Waals surface area contributed by atoms with Crippen molar-refractivity contribution in [3.8, 4) is 0 Å². The van der Waals surface area contributed by atoms with E-state index in [1.165, 1.54) is 12.8 Å². The van der Waals surface area contributed by atoms with Crippen molar-refractivity contribution in [2.75, 3.05) is 13.1 Å². The zero-order valence-electron chi connectivity index (χ0n) is 10.5. The Morgan fingerprint density at radius 3 is 3.06 bits per heavy atom. The van der Waals surface area contributed by atoms with E-state index in [4.69, 9.17) is 0 Å². The second kappa shape index (κ2) is 6.37. The minimum Gasteiger partial charge on any atom is -0.338 e. The van der Waals surface area contributed by atoms with Crippen molar-refractivity contribution >= 4 is 44.4 Å². The van der Waals surface area contributed by atoms with Gasteiger partial charge >= 0.3 is 0 Å². The van der Waals surface area contributed by atoms with Crippen molar-refractivity contribution in [3.63, 3.8) is 0 Å². The Bertz CT molecular complexity index is 449. The van der Waals surface area contributed by atoms with Crippen LogP contribution < -0.4 is 0 Å². The van der Waals surface area contributed by atoms with Gasteiger partial charge in [-0.3, -0.25) is 4.79 Å². The molecule has 0 bridgehead atoms. The van der Waals surface area contributed by atoms with Gasteiger partial charge in [0.2, 0.25) is 0 Å². The standard InChI is InChI=1S/C14H17BrINO/c1-2-3-10-6-7-17(9-10)14(18)12-8-11(16)4-5-13(12)15/h4-5,8,10H,2-3,6-7,9H2,1H3. The highest BCUT2D eigenvalue weighted by molar-refractivity contribution is 14.1. The molecular weight excluding hydrogens is 405 g/mol. The van der Waals surface area contributed by atoms with Crippen LogP contribution in [0.25, 0.3) is 0 Å². The molecule has 1 aliphatic heterocycles. The van der Waals surface area contributed by atoms with Gasteiger partial charge in [-0.15, -0.1) is 0 Å². The summed E-state index contributed by atoms with van der Waals surface area (Å²) >= 11 is 5.72. The molecule has 1 atom stereocenters. The van der Waals surface area contributed by atoms with Gasteiger partial charge in [-0.05, 0) is 75.5 Å². The molecule has 98 valence electrons. The molecule has 0 N–H and O–H groups in total. The van der Waals surface area contributed by atoms with E-state index in [1.807, 2.05) is 23.1 Å². The molecule has 1 fully saturated rings. The van der Waals surface area contributed by atoms with Crippen molar-refractivity contribution in [3.05, 3.63) is 31.8 Å². The van der Waals surface area contributed by atoms with Gasteiger partial charge in [-0.2, -0.15) is 0 Å². The molecule has 1 heterocycles. The van der Waals surface area contributed by atoms with E-state index >= 15 is 0 Å². The second-order valence-electron chi connectivity index (χ2n) is 4.82. The molecule has 1 aromatic rings. The minimum absolute atomic E-state index is 0.166. The molecule has 2 nitrogen and oxygen atoms in total. The van der Waals surface area contributed by atoms with Crippen molar-refractivity contribution in [2.45, 2.75) is 26.2 Å². The Hall–Kier alpha value is -0.100. The first-order valence-corrected chi connectivity index (χ1v) is 8.23. The molecular formula is C14H17BrINO. The Kier molecular flexibility index (Phi) is 5.06. The van der Waals surface area contributed by atoms with Gasteiger partial charge in [0.05, 0.1) is 5.56 Å². The molecule has 1 unspecified atom stereocenters. The summed E-state index contributed by atoms with van der Waals surface area (Å²) in [7, 11) is 0. The van der Waals surface area contributed by atoms with Crippen LogP contribution in [0, 0.1) is 9.49 Å². The van der Waals surface area contributed by atoms with Crippen LogP contribution in [0.4, 0.5) is 0 Å². The normalized spacial score (nSPS) is 19.3. The third-order valence-corrected chi connectivity index (χ3v) is 4.79. The lowest BCUT2D eigenvalue weighted by atomic mass is 10.0. The van der Waals surface area contributed by atoms with Gasteiger partial charge in [0.1, 0.15) is 0 Å². The number of nitrogens with zero attached hydrogens (tertiary/aromatic N) is 1. The van der Waals surface area contributed by atoms with Gasteiger partial charge in [0.15, 0.2) is 0 Å². The number of benzene rings is 1. The first kappa shape index (κ1) is 14.3. The van der Waals surface area contributed by atoms with Crippen LogP contribution in [0.5, 0.6) is 0 Å². The van der Waals surface area contributed by atoms with Gasteiger partial charge in [0, 0.05) is 21.1 Å². The average Bonchev–Trinajstić information content (AvgIpc) is 2.80. The summed E-state index contributed by atoms with van der Waals surface area (Å²) in [6, 6.07) is 5.92. The number of carbonyl (C=O) groups excluding carboxylic acids is 1. The molecule has 1 aliphatic rings. The van der Waals surface area contributed by atoms with Crippen molar-refractivity contribution in [1.29, 1.82) is 0 Å². The molecule has 2 rings (SSSR count). The molecule has 0 aliphatic carbocycles. The first-order chi connectivity index (χ1) is 8.61. The molecule has 0 radical (unpaired) electrons. The highest BCUT2D eigenvalue weighted by Crippen LogP contribution is 2.26. The van der Waals surface area contributed by atoms with Crippen molar-refractivity contribution in [2.24, 2.45) is 5.92 Å². The van der Waals surface area contributed by atoms with E-state index in [2.05, 4.69) is 45.4 Å². The number of rotatable bonds is 3. The Balaban J connectivity index is 2.10. The van der Waals surface area contributed by atoms with E-state index in [1.54, 1.807) is 0 Å². The fourth-order valence-electron chi connectivity index (χ4n) is 2.49. The second-order valence-corrected chi connectivity index (χ2v) is 6.92. The van der Waals surface area contributed by atoms with Crippen molar-refractivity contribution in [1.82, 2.24) is 4.90 Å². The number of amides is 1. The van der Waals surface area contributed by atoms with Crippen LogP contribution in [0.2, 0.25) is 0 Å². The van der Waals surface area contributed by atoms with E-state index in [9.17, 15) is 4.79 Å². The third-order valence-electron chi connectivity index (χ3n) is 3.43. The molecule has 4 heteroatoms. The summed E-state index contributed by atoms with van der Waals surface area (Å²) in [4.78, 5) is 14.5. The minimum atomic E-state index is 0.166. The number of hydrogen-bond acceptors (Lipinski definition) is 1. The Morgan fingerprint density at radius 2 is 2.33 bits per heavy atom. The molecule has 18 heavy (non-hydrogen) atoms. The summed E-state index contributed by atoms with van der Waals surface area (Å²) in [5.74, 6) is 0.861. The van der Waals surface area contributed by atoms with E-state index in [0.717, 1.165) is 33.1 Å². The van der Waals surface area contributed by atoms with Crippen LogP contribution in [0.3, 0.4) is 0 Å². The SMILES string of the molecule is CCCC1CCN(C(=O)c2cc(I)ccc2Br)C1. The smallest absolute Gasteiger partial charge is 0.255 e. The molecule has 0 saturated carbocycles. The highest BCUT2D eigenvalue weighted by Gasteiger charge is 2.27. The van der Waals surface area contributed by atoms with Crippen LogP contribution in [-0.2, 0) is 0 Å². The van der Waals surface area contributed by atoms with Crippen LogP contribution in [0.1, 0.15) is 36.5 Å². The van der Waals surface area contributed by atoms with Gasteiger partial charge in [-0.1, -0.05) is 13.3 Å². The number of likely N-dealkylation sites (tertiary alicyclic amines) is 1. The predicted molar refractivity (Wildman–Crippen MR) is 85.8 cm³/mol. The summed E-state index contributed by atoms with van der Waals surface area (Å²) in [5.41, 5.74) is 0.791. The third kappa shape index (κ3) is 3.26. The highest BCUT2D eigenvalue weighted by atomic mass is 127. The van der Waals surface area contributed by atoms with E-state index < -0.39 is 0 Å². The maximum Gasteiger partial charge on any atom is 0.255 e. The van der Waals surface area contributed by atoms with Gasteiger partial charge in [0.25, 0.3) is 5.91 Å². The molecule has 0 spiro atoms. The summed E-state index contributed by atoms with van der Waals surface area (Å²) in [6.07, 6.45) is 3.60. The number of hydrogen-bond donors (Lipinski definition) is 0. The van der Waals surface area contributed by atoms with E-state index in [-0.39, 0.29) is 5.91 Å². The zero-order valence-corrected chi connectivity index (χ0v) is 14.2. The summed E-state index contributed by atoms with van der Waals surface area (Å²) in [6.45, 7) is 4.03. The van der Waals surface area contributed by atoms with Crippen molar-refractivity contribution < 1.29 is 4.79 Å². The quantitative estimate of drug-likeness (QED) is 0.665. The lowest BCUT2D eigenvalue weighted by Gasteiger charge is -2.17. The molecule has 1 aromatic carbocycles. The Labute approximate surface area is 130 Å². The Morgan fingerprint density at radius 1 is 1.56 bits per heavy atom. The average molecular weight is 422 g/mol. The molecule has 1 saturated heterocycles. The maximum absolute atomic E-state index is 12.5. The maximum atomic E-state index is 12.5. The van der Waals surface area contributed by atoms with Gasteiger partial charge < -0.3 is 4.90 Å². The van der Waals surface area contributed by atoms with Crippen LogP contribution in [-0.4, -0.2) is 23.9 Å². The van der Waals surface area contributed by atoms with Crippen LogP contribution in [0.15, 0.2) is 22.7 Å². The lowest BCUT2D eigenvalue weighted by Crippen LogP contribution is -2.29. The fourth-order valence-corrected chi connectivity index (χ4v) is 3.40. The van der Waals surface area contributed by atoms with Gasteiger partial charge in [-0.25, -0.2) is 0 Å². The largest absolute Gasteiger partial charge is 0.338 e. The monoisotopic (exact) mass is 421 g/mol. The molecule has 0 aromatic heterocycles. The zero-order chi connectivity index (χ0) is 13.1. The molecule has 1 amide bonds. The number of carbonyl (C=O) groups is 1. The predicted octanol–water partition coefficient (Wildman–Crippen LogP) is 4.32. The fraction of sp³-hybridized carbons (Fsp3) is 0.500. The topological polar surface area (TPSA) is 20.3 Å². The van der Waals surface area contributed by atoms with Crippen LogP contribution >= 0.6 is 38.5 Å².